The molecule has 0 saturated carbocycles. The van der Waals surface area contributed by atoms with Crippen molar-refractivity contribution in [2.45, 2.75) is 0 Å². The number of nitrogens with zero attached hydrogens (tertiary/aromatic N) is 5. The molecule has 0 aliphatic rings. The molecular weight excluding hydrogens is 899 g/mol. The van der Waals surface area contributed by atoms with Gasteiger partial charge in [0.05, 0.1) is 22.1 Å². The molecule has 344 valence electrons. The van der Waals surface area contributed by atoms with Gasteiger partial charge in [-0.05, 0) is 108 Å². The van der Waals surface area contributed by atoms with Gasteiger partial charge >= 0.3 is 0 Å². The average Bonchev–Trinajstić information content (AvgIpc) is 4.03. The van der Waals surface area contributed by atoms with Crippen molar-refractivity contribution >= 4 is 75.9 Å². The van der Waals surface area contributed by atoms with Crippen molar-refractivity contribution in [1.82, 2.24) is 24.1 Å². The molecular formula is C69H43N5. The highest BCUT2D eigenvalue weighted by atomic mass is 15.2. The van der Waals surface area contributed by atoms with Gasteiger partial charge in [0.2, 0.25) is 5.95 Å². The largest absolute Gasteiger partial charge is 0.309 e. The summed E-state index contributed by atoms with van der Waals surface area (Å²) in [7, 11) is 0. The summed E-state index contributed by atoms with van der Waals surface area (Å²) in [5.74, 6) is 1.83. The van der Waals surface area contributed by atoms with E-state index in [0.29, 0.717) is 17.6 Å². The fourth-order valence-corrected chi connectivity index (χ4v) is 11.5. The van der Waals surface area contributed by atoms with Crippen LogP contribution >= 0.6 is 0 Å². The summed E-state index contributed by atoms with van der Waals surface area (Å²) in [5, 5.41) is 12.4. The van der Waals surface area contributed by atoms with Gasteiger partial charge in [0.25, 0.3) is 0 Å². The molecule has 74 heavy (non-hydrogen) atoms. The smallest absolute Gasteiger partial charge is 0.238 e. The van der Waals surface area contributed by atoms with E-state index in [1.807, 2.05) is 36.4 Å². The molecule has 3 aromatic heterocycles. The molecule has 0 unspecified atom stereocenters. The predicted molar refractivity (Wildman–Crippen MR) is 308 cm³/mol. The van der Waals surface area contributed by atoms with E-state index in [1.165, 1.54) is 81.9 Å². The van der Waals surface area contributed by atoms with Crippen LogP contribution in [0.25, 0.3) is 144 Å². The summed E-state index contributed by atoms with van der Waals surface area (Å²) in [6.45, 7) is 0. The van der Waals surface area contributed by atoms with Gasteiger partial charge in [-0.2, -0.15) is 9.97 Å². The highest BCUT2D eigenvalue weighted by molar-refractivity contribution is 6.29. The lowest BCUT2D eigenvalue weighted by Gasteiger charge is -2.12. The molecule has 3 heterocycles. The first-order valence-electron chi connectivity index (χ1n) is 25.2. The minimum atomic E-state index is 0.577. The van der Waals surface area contributed by atoms with Crippen molar-refractivity contribution in [3.05, 3.63) is 261 Å². The maximum absolute atomic E-state index is 5.19. The summed E-state index contributed by atoms with van der Waals surface area (Å²) in [4.78, 5) is 15.4. The quantitative estimate of drug-likeness (QED) is 0.150. The van der Waals surface area contributed by atoms with Crippen LogP contribution in [0.15, 0.2) is 261 Å². The number of rotatable bonds is 7. The third-order valence-electron chi connectivity index (χ3n) is 15.0. The van der Waals surface area contributed by atoms with Crippen molar-refractivity contribution < 1.29 is 0 Å². The van der Waals surface area contributed by atoms with Crippen LogP contribution in [0.1, 0.15) is 0 Å². The Bertz CT molecular complexity index is 4580. The van der Waals surface area contributed by atoms with Crippen molar-refractivity contribution in [2.75, 3.05) is 0 Å². The lowest BCUT2D eigenvalue weighted by Crippen LogP contribution is -2.06. The molecule has 0 aliphatic heterocycles. The molecule has 0 spiro atoms. The van der Waals surface area contributed by atoms with Gasteiger partial charge in [0.1, 0.15) is 0 Å². The second kappa shape index (κ2) is 16.8. The van der Waals surface area contributed by atoms with Gasteiger partial charge < -0.3 is 4.57 Å². The van der Waals surface area contributed by atoms with E-state index >= 15 is 0 Å². The van der Waals surface area contributed by atoms with E-state index in [1.54, 1.807) is 0 Å². The first-order chi connectivity index (χ1) is 36.7. The summed E-state index contributed by atoms with van der Waals surface area (Å²) in [6, 6.07) is 93.6. The van der Waals surface area contributed by atoms with Crippen LogP contribution in [0.5, 0.6) is 0 Å². The minimum absolute atomic E-state index is 0.577. The Balaban J connectivity index is 0.771. The Kier molecular flexibility index (Phi) is 9.50. The Morgan fingerprint density at radius 1 is 0.216 bits per heavy atom. The van der Waals surface area contributed by atoms with Crippen LogP contribution < -0.4 is 0 Å². The van der Waals surface area contributed by atoms with Crippen LogP contribution in [-0.2, 0) is 0 Å². The number of fused-ring (bicyclic) bond motifs is 13. The van der Waals surface area contributed by atoms with E-state index in [-0.39, 0.29) is 0 Å². The van der Waals surface area contributed by atoms with Gasteiger partial charge in [-0.25, -0.2) is 4.98 Å². The monoisotopic (exact) mass is 941 g/mol. The first kappa shape index (κ1) is 41.8. The molecule has 0 radical (unpaired) electrons. The predicted octanol–water partition coefficient (Wildman–Crippen LogP) is 17.9. The number of benzene rings is 12. The summed E-state index contributed by atoms with van der Waals surface area (Å²) < 4.78 is 4.61. The van der Waals surface area contributed by atoms with Crippen molar-refractivity contribution in [1.29, 1.82) is 0 Å². The average molecular weight is 942 g/mol. The van der Waals surface area contributed by atoms with Crippen LogP contribution in [0.4, 0.5) is 0 Å². The molecule has 0 N–H and O–H groups in total. The molecule has 0 bridgehead atoms. The molecule has 0 saturated heterocycles. The Hall–Kier alpha value is -9.97. The fourth-order valence-electron chi connectivity index (χ4n) is 11.5. The second-order valence-electron chi connectivity index (χ2n) is 19.1. The zero-order valence-electron chi connectivity index (χ0n) is 40.1. The van der Waals surface area contributed by atoms with Gasteiger partial charge in [0.15, 0.2) is 11.6 Å². The lowest BCUT2D eigenvalue weighted by atomic mass is 9.91. The number of aromatic nitrogens is 5. The van der Waals surface area contributed by atoms with E-state index in [9.17, 15) is 0 Å². The molecule has 0 fully saturated rings. The number of hydrogen-bond acceptors (Lipinski definition) is 3. The number of hydrogen-bond donors (Lipinski definition) is 0. The topological polar surface area (TPSA) is 48.5 Å². The highest BCUT2D eigenvalue weighted by Gasteiger charge is 2.23. The third kappa shape index (κ3) is 6.68. The maximum atomic E-state index is 5.19. The molecule has 15 aromatic rings. The van der Waals surface area contributed by atoms with Crippen LogP contribution in [0.3, 0.4) is 0 Å². The second-order valence-corrected chi connectivity index (χ2v) is 19.1. The van der Waals surface area contributed by atoms with Crippen LogP contribution in [0.2, 0.25) is 0 Å². The minimum Gasteiger partial charge on any atom is -0.309 e. The number of para-hydroxylation sites is 2. The zero-order chi connectivity index (χ0) is 48.7. The summed E-state index contributed by atoms with van der Waals surface area (Å²) in [6.07, 6.45) is 0. The normalized spacial score (nSPS) is 11.8. The summed E-state index contributed by atoms with van der Waals surface area (Å²) >= 11 is 0. The van der Waals surface area contributed by atoms with Crippen LogP contribution in [-0.4, -0.2) is 24.1 Å². The Labute approximate surface area is 426 Å². The van der Waals surface area contributed by atoms with Crippen molar-refractivity contribution in [3.63, 3.8) is 0 Å². The molecule has 0 aliphatic carbocycles. The molecule has 0 amide bonds. The highest BCUT2D eigenvalue weighted by Crippen LogP contribution is 2.43. The van der Waals surface area contributed by atoms with Crippen molar-refractivity contribution in [3.8, 4) is 67.8 Å². The molecule has 12 aromatic carbocycles. The van der Waals surface area contributed by atoms with Gasteiger partial charge in [-0.3, -0.25) is 4.57 Å². The van der Waals surface area contributed by atoms with E-state index in [0.717, 1.165) is 44.3 Å². The van der Waals surface area contributed by atoms with Gasteiger partial charge in [-0.15, -0.1) is 0 Å². The maximum Gasteiger partial charge on any atom is 0.238 e. The SMILES string of the molecule is c1ccc(-c2nc(-c3ccccc3)nc(-n3c4ccccc4c4c5c6ccccc6n(-c6ccc(-c7ccc(-c8ccc(-c9ccc%10c%11ccccc%11c%11ccccc%11c%10c9)cc8)cc7)cc6)c5ccc43)n2)cc1. The zero-order valence-corrected chi connectivity index (χ0v) is 40.1. The van der Waals surface area contributed by atoms with E-state index < -0.39 is 0 Å². The van der Waals surface area contributed by atoms with E-state index in [2.05, 4.69) is 234 Å². The van der Waals surface area contributed by atoms with Crippen LogP contribution in [0, 0.1) is 0 Å². The fraction of sp³-hybridized carbons (Fsp3) is 0. The molecule has 5 nitrogen and oxygen atoms in total. The van der Waals surface area contributed by atoms with Crippen molar-refractivity contribution in [2.24, 2.45) is 0 Å². The van der Waals surface area contributed by atoms with Gasteiger partial charge in [-0.1, -0.05) is 218 Å². The third-order valence-corrected chi connectivity index (χ3v) is 15.0. The molecule has 15 rings (SSSR count). The molecule has 0 atom stereocenters. The van der Waals surface area contributed by atoms with E-state index in [4.69, 9.17) is 15.0 Å². The summed E-state index contributed by atoms with van der Waals surface area (Å²) in [5.41, 5.74) is 14.5. The molecule has 5 heteroatoms. The Morgan fingerprint density at radius 2 is 0.568 bits per heavy atom. The first-order valence-corrected chi connectivity index (χ1v) is 25.2. The lowest BCUT2D eigenvalue weighted by molar-refractivity contribution is 0.953. The standard InChI is InChI=1S/C69H43N5/c1-3-15-49(16-4-1)67-70-68(50-17-5-2-6-18-50)72-69(71-67)74-62-26-14-12-24-59(62)66-64(74)42-41-63-65(66)58-23-11-13-25-61(58)73(63)52-38-35-47(36-39-52)46-29-27-44(28-30-46)45-31-33-48(34-32-45)51-37-40-57-55-21-8-7-19-53(55)54-20-9-10-22-56(54)60(57)43-51/h1-43H. The Morgan fingerprint density at radius 3 is 1.05 bits per heavy atom. The van der Waals surface area contributed by atoms with Gasteiger partial charge in [0, 0.05) is 38.4 Å².